The van der Waals surface area contributed by atoms with Crippen molar-refractivity contribution in [2.45, 2.75) is 0 Å². The Bertz CT molecular complexity index is 3630. The Balaban J connectivity index is 1.02. The zero-order valence-electron chi connectivity index (χ0n) is 35.0. The lowest BCUT2D eigenvalue weighted by molar-refractivity contribution is 1.28. The van der Waals surface area contributed by atoms with Crippen molar-refractivity contribution in [1.29, 1.82) is 0 Å². The minimum Gasteiger partial charge on any atom is -0.310 e. The molecule has 0 aliphatic rings. The van der Waals surface area contributed by atoms with Gasteiger partial charge >= 0.3 is 0 Å². The van der Waals surface area contributed by atoms with Gasteiger partial charge in [0.2, 0.25) is 0 Å². The molecular weight excluding hydrogens is 791 g/mol. The van der Waals surface area contributed by atoms with Gasteiger partial charge < -0.3 is 4.90 Å². The number of rotatable bonds is 8. The molecule has 0 aliphatic carbocycles. The van der Waals surface area contributed by atoms with E-state index in [9.17, 15) is 0 Å². The van der Waals surface area contributed by atoms with Crippen LogP contribution in [0.15, 0.2) is 249 Å². The maximum atomic E-state index is 2.44. The van der Waals surface area contributed by atoms with E-state index < -0.39 is 0 Å². The Kier molecular flexibility index (Phi) is 9.43. The van der Waals surface area contributed by atoms with E-state index in [-0.39, 0.29) is 0 Å². The minimum absolute atomic E-state index is 1.08. The minimum atomic E-state index is 1.08. The second-order valence-electron chi connectivity index (χ2n) is 16.5. The maximum absolute atomic E-state index is 2.44. The van der Waals surface area contributed by atoms with Crippen molar-refractivity contribution >= 4 is 70.1 Å². The van der Waals surface area contributed by atoms with Gasteiger partial charge in [0.1, 0.15) is 0 Å². The predicted molar refractivity (Wildman–Crippen MR) is 276 cm³/mol. The Hall–Kier alpha value is -8.04. The number of nitrogens with zero attached hydrogens (tertiary/aromatic N) is 1. The summed E-state index contributed by atoms with van der Waals surface area (Å²) in [6.45, 7) is 0. The van der Waals surface area contributed by atoms with Crippen molar-refractivity contribution in [3.63, 3.8) is 0 Å². The molecule has 300 valence electrons. The average Bonchev–Trinajstić information content (AvgIpc) is 3.75. The number of thiophene rings is 1. The summed E-state index contributed by atoms with van der Waals surface area (Å²) in [5.41, 5.74) is 15.2. The van der Waals surface area contributed by atoms with Gasteiger partial charge in [0.05, 0.1) is 5.69 Å². The zero-order valence-corrected chi connectivity index (χ0v) is 35.8. The van der Waals surface area contributed by atoms with Crippen LogP contribution in [-0.4, -0.2) is 0 Å². The smallest absolute Gasteiger partial charge is 0.0546 e. The van der Waals surface area contributed by atoms with Gasteiger partial charge in [-0.05, 0) is 126 Å². The van der Waals surface area contributed by atoms with Crippen LogP contribution in [0, 0.1) is 0 Å². The van der Waals surface area contributed by atoms with Gasteiger partial charge in [-0.25, -0.2) is 0 Å². The quantitative estimate of drug-likeness (QED) is 0.138. The van der Waals surface area contributed by atoms with E-state index in [0.29, 0.717) is 0 Å². The molecule has 0 amide bonds. The lowest BCUT2D eigenvalue weighted by Crippen LogP contribution is -2.11. The molecule has 1 heterocycles. The van der Waals surface area contributed by atoms with Crippen LogP contribution in [0.2, 0.25) is 0 Å². The van der Waals surface area contributed by atoms with Gasteiger partial charge in [-0.15, -0.1) is 11.3 Å². The first kappa shape index (κ1) is 37.7. The molecule has 64 heavy (non-hydrogen) atoms. The first-order chi connectivity index (χ1) is 31.7. The van der Waals surface area contributed by atoms with E-state index in [2.05, 4.69) is 254 Å². The van der Waals surface area contributed by atoms with Crippen LogP contribution in [0.1, 0.15) is 0 Å². The summed E-state index contributed by atoms with van der Waals surface area (Å²) in [5.74, 6) is 0. The fourth-order valence-corrected chi connectivity index (χ4v) is 10.6. The Morgan fingerprint density at radius 1 is 0.250 bits per heavy atom. The molecule has 0 spiro atoms. The van der Waals surface area contributed by atoms with E-state index in [4.69, 9.17) is 0 Å². The molecule has 0 aliphatic heterocycles. The van der Waals surface area contributed by atoms with Crippen molar-refractivity contribution < 1.29 is 0 Å². The van der Waals surface area contributed by atoms with Crippen LogP contribution in [-0.2, 0) is 0 Å². The summed E-state index contributed by atoms with van der Waals surface area (Å²) in [5, 5.41) is 7.63. The number of benzene rings is 11. The summed E-state index contributed by atoms with van der Waals surface area (Å²) < 4.78 is 2.64. The predicted octanol–water partition coefficient (Wildman–Crippen LogP) is 18.2. The van der Waals surface area contributed by atoms with Gasteiger partial charge in [0, 0.05) is 37.1 Å². The molecule has 12 aromatic rings. The fraction of sp³-hybridized carbons (Fsp3) is 0. The number of anilines is 3. The molecule has 0 radical (unpaired) electrons. The van der Waals surface area contributed by atoms with Crippen LogP contribution < -0.4 is 4.90 Å². The third kappa shape index (κ3) is 6.82. The molecule has 0 fully saturated rings. The molecule has 0 atom stereocenters. The fourth-order valence-electron chi connectivity index (χ4n) is 9.46. The highest BCUT2D eigenvalue weighted by atomic mass is 32.1. The summed E-state index contributed by atoms with van der Waals surface area (Å²) in [6.07, 6.45) is 0. The SMILES string of the molecule is c1ccc(-c2ccc(-c3ccc(N(c4ccc(-c5ccc6sc7ccccc7c6c5)cc4)c4cc(-c5cc6ccccc6c6ccccc56)ccc4-c4ccccc4)cc3)cc2)cc1. The first-order valence-corrected chi connectivity index (χ1v) is 22.7. The molecule has 0 N–H and O–H groups in total. The third-order valence-corrected chi connectivity index (χ3v) is 13.8. The highest BCUT2D eigenvalue weighted by Gasteiger charge is 2.20. The molecule has 0 bridgehead atoms. The first-order valence-electron chi connectivity index (χ1n) is 21.9. The van der Waals surface area contributed by atoms with E-state index in [1.807, 2.05) is 11.3 Å². The van der Waals surface area contributed by atoms with Crippen molar-refractivity contribution in [3.8, 4) is 55.6 Å². The lowest BCUT2D eigenvalue weighted by atomic mass is 9.91. The zero-order chi connectivity index (χ0) is 42.4. The topological polar surface area (TPSA) is 3.24 Å². The van der Waals surface area contributed by atoms with Crippen molar-refractivity contribution in [3.05, 3.63) is 249 Å². The second kappa shape index (κ2) is 16.0. The monoisotopic (exact) mass is 831 g/mol. The van der Waals surface area contributed by atoms with Crippen molar-refractivity contribution in [1.82, 2.24) is 0 Å². The van der Waals surface area contributed by atoms with Crippen LogP contribution in [0.5, 0.6) is 0 Å². The van der Waals surface area contributed by atoms with Gasteiger partial charge in [-0.2, -0.15) is 0 Å². The average molecular weight is 832 g/mol. The van der Waals surface area contributed by atoms with E-state index in [1.165, 1.54) is 91.8 Å². The summed E-state index contributed by atoms with van der Waals surface area (Å²) in [7, 11) is 0. The molecule has 0 saturated heterocycles. The van der Waals surface area contributed by atoms with Gasteiger partial charge in [-0.1, -0.05) is 194 Å². The molecule has 0 saturated carbocycles. The normalized spacial score (nSPS) is 11.4. The van der Waals surface area contributed by atoms with E-state index >= 15 is 0 Å². The third-order valence-electron chi connectivity index (χ3n) is 12.7. The molecule has 11 aromatic carbocycles. The highest BCUT2D eigenvalue weighted by molar-refractivity contribution is 7.25. The molecule has 1 nitrogen and oxygen atoms in total. The Morgan fingerprint density at radius 2 is 0.719 bits per heavy atom. The largest absolute Gasteiger partial charge is 0.310 e. The van der Waals surface area contributed by atoms with Crippen LogP contribution in [0.25, 0.3) is 97.4 Å². The van der Waals surface area contributed by atoms with Gasteiger partial charge in [-0.3, -0.25) is 0 Å². The maximum Gasteiger partial charge on any atom is 0.0546 e. The lowest BCUT2D eigenvalue weighted by Gasteiger charge is -2.29. The second-order valence-corrected chi connectivity index (χ2v) is 17.6. The standard InChI is InChI=1S/C62H41NS/c1-3-13-42(14-4-1)43-23-25-44(26-24-43)45-27-33-51(34-28-45)63(52-35-29-46(30-36-52)48-32-38-62-59(39-48)57-21-11-12-22-61(57)64-62)60-41-50(31-37-54(60)47-15-5-2-6-16-47)58-40-49-17-7-8-18-53(49)55-19-9-10-20-56(55)58/h1-41H. The van der Waals surface area contributed by atoms with Crippen molar-refractivity contribution in [2.75, 3.05) is 4.90 Å². The molecule has 12 rings (SSSR count). The van der Waals surface area contributed by atoms with E-state index in [1.54, 1.807) is 0 Å². The molecule has 0 unspecified atom stereocenters. The Morgan fingerprint density at radius 3 is 1.39 bits per heavy atom. The van der Waals surface area contributed by atoms with Gasteiger partial charge in [0.15, 0.2) is 0 Å². The number of hydrogen-bond donors (Lipinski definition) is 0. The summed E-state index contributed by atoms with van der Waals surface area (Å²) in [6, 6.07) is 91.1. The molecule has 2 heteroatoms. The highest BCUT2D eigenvalue weighted by Crippen LogP contribution is 2.46. The number of fused-ring (bicyclic) bond motifs is 6. The van der Waals surface area contributed by atoms with Crippen molar-refractivity contribution in [2.24, 2.45) is 0 Å². The van der Waals surface area contributed by atoms with Gasteiger partial charge in [0.25, 0.3) is 0 Å². The number of hydrogen-bond acceptors (Lipinski definition) is 2. The molecular formula is C62H41NS. The summed E-state index contributed by atoms with van der Waals surface area (Å²) in [4.78, 5) is 2.44. The molecule has 1 aromatic heterocycles. The van der Waals surface area contributed by atoms with Crippen LogP contribution in [0.3, 0.4) is 0 Å². The summed E-state index contributed by atoms with van der Waals surface area (Å²) >= 11 is 1.86. The Labute approximate surface area is 377 Å². The van der Waals surface area contributed by atoms with Crippen LogP contribution >= 0.6 is 11.3 Å². The van der Waals surface area contributed by atoms with E-state index in [0.717, 1.165) is 22.6 Å². The van der Waals surface area contributed by atoms with Crippen LogP contribution in [0.4, 0.5) is 17.1 Å².